The molecule has 0 unspecified atom stereocenters. The van der Waals surface area contributed by atoms with Gasteiger partial charge in [-0.05, 0) is 37.0 Å². The molecule has 0 aliphatic heterocycles. The normalized spacial score (nSPS) is 16.2. The van der Waals surface area contributed by atoms with Crippen molar-refractivity contribution in [3.05, 3.63) is 28.2 Å². The summed E-state index contributed by atoms with van der Waals surface area (Å²) < 4.78 is 0.747. The van der Waals surface area contributed by atoms with Crippen LogP contribution in [0.25, 0.3) is 0 Å². The second kappa shape index (κ2) is 7.59. The Morgan fingerprint density at radius 2 is 1.86 bits per heavy atom. The minimum Gasteiger partial charge on any atom is -0.478 e. The number of nitrogens with one attached hydrogen (secondary N) is 1. The molecule has 0 bridgehead atoms. The molecule has 0 heterocycles. The maximum absolute atomic E-state index is 12.2. The second-order valence-corrected chi connectivity index (χ2v) is 6.52. The Kier molecular flexibility index (Phi) is 5.79. The molecule has 1 amide bonds. The number of hydrogen-bond acceptors (Lipinski definition) is 2. The fraction of sp³-hybridized carbons (Fsp3) is 0.500. The van der Waals surface area contributed by atoms with Crippen molar-refractivity contribution >= 4 is 33.5 Å². The highest BCUT2D eigenvalue weighted by molar-refractivity contribution is 9.10. The lowest BCUT2D eigenvalue weighted by atomic mass is 9.96. The lowest BCUT2D eigenvalue weighted by molar-refractivity contribution is -0.117. The van der Waals surface area contributed by atoms with Crippen molar-refractivity contribution in [2.75, 3.05) is 5.32 Å². The molecule has 0 atom stereocenters. The van der Waals surface area contributed by atoms with Crippen molar-refractivity contribution in [1.29, 1.82) is 0 Å². The van der Waals surface area contributed by atoms with Crippen LogP contribution in [0.15, 0.2) is 22.7 Å². The van der Waals surface area contributed by atoms with E-state index < -0.39 is 5.97 Å². The first-order valence-electron chi connectivity index (χ1n) is 7.39. The number of carboxylic acids is 1. The van der Waals surface area contributed by atoms with E-state index in [1.807, 2.05) is 0 Å². The molecule has 4 nitrogen and oxygen atoms in total. The molecule has 2 rings (SSSR count). The highest BCUT2D eigenvalue weighted by Gasteiger charge is 2.18. The van der Waals surface area contributed by atoms with E-state index in [9.17, 15) is 9.59 Å². The monoisotopic (exact) mass is 353 g/mol. The van der Waals surface area contributed by atoms with Crippen LogP contribution in [0, 0.1) is 5.92 Å². The zero-order chi connectivity index (χ0) is 15.2. The predicted octanol–water partition coefficient (Wildman–Crippen LogP) is 4.45. The smallest absolute Gasteiger partial charge is 0.337 e. The number of aromatic carboxylic acids is 1. The Balaban J connectivity index is 2.01. The van der Waals surface area contributed by atoms with Crippen molar-refractivity contribution in [2.24, 2.45) is 5.92 Å². The van der Waals surface area contributed by atoms with Crippen molar-refractivity contribution < 1.29 is 14.7 Å². The summed E-state index contributed by atoms with van der Waals surface area (Å²) in [6, 6.07) is 4.78. The summed E-state index contributed by atoms with van der Waals surface area (Å²) in [7, 11) is 0. The Hall–Kier alpha value is -1.36. The van der Waals surface area contributed by atoms with Gasteiger partial charge in [0.25, 0.3) is 0 Å². The van der Waals surface area contributed by atoms with Gasteiger partial charge in [-0.1, -0.05) is 41.6 Å². The average molecular weight is 354 g/mol. The molecule has 0 radical (unpaired) electrons. The van der Waals surface area contributed by atoms with Gasteiger partial charge in [0.1, 0.15) is 0 Å². The molecule has 1 aliphatic carbocycles. The van der Waals surface area contributed by atoms with E-state index in [1.54, 1.807) is 12.1 Å². The van der Waals surface area contributed by atoms with Gasteiger partial charge in [0.2, 0.25) is 5.91 Å². The summed E-state index contributed by atoms with van der Waals surface area (Å²) in [4.78, 5) is 23.3. The highest BCUT2D eigenvalue weighted by atomic mass is 79.9. The average Bonchev–Trinajstić information content (AvgIpc) is 2.66. The van der Waals surface area contributed by atoms with Gasteiger partial charge in [-0.25, -0.2) is 4.79 Å². The molecule has 5 heteroatoms. The molecule has 1 saturated carbocycles. The van der Waals surface area contributed by atoms with Crippen LogP contribution in [-0.2, 0) is 4.79 Å². The maximum Gasteiger partial charge on any atom is 0.337 e. The summed E-state index contributed by atoms with van der Waals surface area (Å²) in [5.74, 6) is -0.706. The lowest BCUT2D eigenvalue weighted by Crippen LogP contribution is -2.18. The summed E-state index contributed by atoms with van der Waals surface area (Å²) in [6.45, 7) is 0. The Morgan fingerprint density at radius 1 is 1.19 bits per heavy atom. The number of halogens is 1. The molecule has 0 spiro atoms. The Bertz CT molecular complexity index is 522. The van der Waals surface area contributed by atoms with Crippen LogP contribution in [0.3, 0.4) is 0 Å². The number of anilines is 1. The quantitative estimate of drug-likeness (QED) is 0.786. The molecular formula is C16H20BrNO3. The number of amides is 1. The van der Waals surface area contributed by atoms with Crippen LogP contribution in [0.4, 0.5) is 5.69 Å². The maximum atomic E-state index is 12.2. The minimum atomic E-state index is -1.03. The third kappa shape index (κ3) is 4.84. The predicted molar refractivity (Wildman–Crippen MR) is 85.5 cm³/mol. The zero-order valence-corrected chi connectivity index (χ0v) is 13.5. The number of carboxylic acid groups (broad SMARTS) is 1. The van der Waals surface area contributed by atoms with Crippen LogP contribution in [-0.4, -0.2) is 17.0 Å². The van der Waals surface area contributed by atoms with E-state index in [4.69, 9.17) is 5.11 Å². The Morgan fingerprint density at radius 3 is 2.48 bits per heavy atom. The molecule has 21 heavy (non-hydrogen) atoms. The molecule has 1 aliphatic rings. The molecule has 1 aromatic carbocycles. The molecule has 1 fully saturated rings. The summed E-state index contributed by atoms with van der Waals surface area (Å²) in [6.07, 6.45) is 7.56. The minimum absolute atomic E-state index is 0.0949. The molecule has 114 valence electrons. The molecule has 0 aromatic heterocycles. The van der Waals surface area contributed by atoms with Gasteiger partial charge < -0.3 is 10.4 Å². The third-order valence-electron chi connectivity index (χ3n) is 3.93. The number of benzene rings is 1. The largest absolute Gasteiger partial charge is 0.478 e. The van der Waals surface area contributed by atoms with Gasteiger partial charge in [-0.15, -0.1) is 0 Å². The van der Waals surface area contributed by atoms with Crippen LogP contribution in [0.2, 0.25) is 0 Å². The van der Waals surface area contributed by atoms with Crippen LogP contribution in [0.5, 0.6) is 0 Å². The van der Waals surface area contributed by atoms with E-state index in [-0.39, 0.29) is 11.5 Å². The topological polar surface area (TPSA) is 66.4 Å². The Labute approximate surface area is 133 Å². The number of carbonyl (C=O) groups is 2. The zero-order valence-electron chi connectivity index (χ0n) is 11.9. The van der Waals surface area contributed by atoms with Gasteiger partial charge >= 0.3 is 5.97 Å². The van der Waals surface area contributed by atoms with E-state index in [0.717, 1.165) is 17.3 Å². The van der Waals surface area contributed by atoms with Gasteiger partial charge in [0, 0.05) is 10.9 Å². The summed E-state index contributed by atoms with van der Waals surface area (Å²) in [5, 5.41) is 11.9. The van der Waals surface area contributed by atoms with E-state index in [1.165, 1.54) is 31.7 Å². The van der Waals surface area contributed by atoms with E-state index >= 15 is 0 Å². The highest BCUT2D eigenvalue weighted by Crippen LogP contribution is 2.27. The standard InChI is InChI=1S/C16H20BrNO3/c17-12-7-8-13(16(20)21)14(10-12)18-15(19)9-11-5-3-1-2-4-6-11/h7-8,10-11H,1-6,9H2,(H,18,19)(H,20,21). The first-order valence-corrected chi connectivity index (χ1v) is 8.18. The first kappa shape index (κ1) is 16.0. The molecular weight excluding hydrogens is 334 g/mol. The van der Waals surface area contributed by atoms with Gasteiger partial charge in [-0.2, -0.15) is 0 Å². The number of carbonyl (C=O) groups excluding carboxylic acids is 1. The van der Waals surface area contributed by atoms with Gasteiger partial charge in [0.05, 0.1) is 11.3 Å². The third-order valence-corrected chi connectivity index (χ3v) is 4.43. The van der Waals surface area contributed by atoms with Crippen molar-refractivity contribution in [3.63, 3.8) is 0 Å². The number of rotatable bonds is 4. The molecule has 1 aromatic rings. The van der Waals surface area contributed by atoms with Crippen LogP contribution in [0.1, 0.15) is 55.3 Å². The van der Waals surface area contributed by atoms with E-state index in [2.05, 4.69) is 21.2 Å². The van der Waals surface area contributed by atoms with Crippen molar-refractivity contribution in [1.82, 2.24) is 0 Å². The van der Waals surface area contributed by atoms with Crippen molar-refractivity contribution in [2.45, 2.75) is 44.9 Å². The number of hydrogen-bond donors (Lipinski definition) is 2. The fourth-order valence-electron chi connectivity index (χ4n) is 2.84. The summed E-state index contributed by atoms with van der Waals surface area (Å²) in [5.41, 5.74) is 0.475. The van der Waals surface area contributed by atoms with E-state index in [0.29, 0.717) is 18.0 Å². The molecule has 2 N–H and O–H groups in total. The van der Waals surface area contributed by atoms with Crippen LogP contribution < -0.4 is 5.32 Å². The molecule has 0 saturated heterocycles. The van der Waals surface area contributed by atoms with Crippen molar-refractivity contribution in [3.8, 4) is 0 Å². The second-order valence-electron chi connectivity index (χ2n) is 5.60. The van der Waals surface area contributed by atoms with Crippen LogP contribution >= 0.6 is 15.9 Å². The fourth-order valence-corrected chi connectivity index (χ4v) is 3.20. The summed E-state index contributed by atoms with van der Waals surface area (Å²) >= 11 is 3.30. The first-order chi connectivity index (χ1) is 10.1. The lowest BCUT2D eigenvalue weighted by Gasteiger charge is -2.14. The SMILES string of the molecule is O=C(CC1CCCCCC1)Nc1cc(Br)ccc1C(=O)O. The van der Waals surface area contributed by atoms with Gasteiger partial charge in [0.15, 0.2) is 0 Å². The van der Waals surface area contributed by atoms with Gasteiger partial charge in [-0.3, -0.25) is 4.79 Å².